The number of para-hydroxylation sites is 1. The van der Waals surface area contributed by atoms with Crippen molar-refractivity contribution in [3.05, 3.63) is 30.3 Å². The highest BCUT2D eigenvalue weighted by Gasteiger charge is 2.62. The Morgan fingerprint density at radius 3 is 2.30 bits per heavy atom. The molecule has 7 heteroatoms. The van der Waals surface area contributed by atoms with Crippen molar-refractivity contribution in [2.45, 2.75) is 32.2 Å². The fraction of sp³-hybridized carbons (Fsp3) is 0.500. The maximum absolute atomic E-state index is 12.7. The van der Waals surface area contributed by atoms with Crippen LogP contribution in [0.25, 0.3) is 0 Å². The number of nitrogens with one attached hydrogen (secondary N) is 1. The summed E-state index contributed by atoms with van der Waals surface area (Å²) in [6.07, 6.45) is 2.91. The summed E-state index contributed by atoms with van der Waals surface area (Å²) in [6.45, 7) is 1.02. The number of benzene rings is 1. The first-order chi connectivity index (χ1) is 13.0. The van der Waals surface area contributed by atoms with Crippen LogP contribution in [-0.4, -0.2) is 41.2 Å². The number of imide groups is 1. The Hall–Kier alpha value is -2.70. The van der Waals surface area contributed by atoms with Crippen LogP contribution in [-0.2, 0) is 23.9 Å². The van der Waals surface area contributed by atoms with E-state index in [1.54, 1.807) is 24.3 Å². The van der Waals surface area contributed by atoms with Crippen LogP contribution in [0.3, 0.4) is 0 Å². The normalized spacial score (nSPS) is 29.6. The van der Waals surface area contributed by atoms with Gasteiger partial charge in [0.1, 0.15) is 6.04 Å². The fourth-order valence-electron chi connectivity index (χ4n) is 4.89. The van der Waals surface area contributed by atoms with Gasteiger partial charge in [0.25, 0.3) is 5.91 Å². The van der Waals surface area contributed by atoms with Gasteiger partial charge >= 0.3 is 5.97 Å². The Labute approximate surface area is 157 Å². The van der Waals surface area contributed by atoms with E-state index < -0.39 is 24.5 Å². The van der Waals surface area contributed by atoms with Crippen molar-refractivity contribution < 1.29 is 23.9 Å². The number of carbonyl (C=O) groups is 4. The second-order valence-corrected chi connectivity index (χ2v) is 7.63. The highest BCUT2D eigenvalue weighted by molar-refractivity contribution is 6.08. The van der Waals surface area contributed by atoms with Gasteiger partial charge in [-0.2, -0.15) is 0 Å². The number of hydrogen-bond acceptors (Lipinski definition) is 5. The van der Waals surface area contributed by atoms with Crippen LogP contribution >= 0.6 is 0 Å². The van der Waals surface area contributed by atoms with E-state index in [2.05, 4.69) is 5.32 Å². The Morgan fingerprint density at radius 1 is 1.11 bits per heavy atom. The molecule has 1 aromatic carbocycles. The van der Waals surface area contributed by atoms with E-state index >= 15 is 0 Å². The Bertz CT molecular complexity index is 765. The summed E-state index contributed by atoms with van der Waals surface area (Å²) in [5.74, 6) is -1.74. The third kappa shape index (κ3) is 3.01. The quantitative estimate of drug-likeness (QED) is 0.628. The second kappa shape index (κ2) is 6.79. The molecule has 1 saturated heterocycles. The molecule has 0 radical (unpaired) electrons. The smallest absolute Gasteiger partial charge is 0.329 e. The summed E-state index contributed by atoms with van der Waals surface area (Å²) >= 11 is 0. The van der Waals surface area contributed by atoms with Crippen molar-refractivity contribution in [1.82, 2.24) is 4.90 Å². The Kier molecular flexibility index (Phi) is 4.45. The van der Waals surface area contributed by atoms with Gasteiger partial charge in [-0.3, -0.25) is 19.3 Å². The molecule has 1 N–H and O–H groups in total. The number of nitrogens with zero attached hydrogens (tertiary/aromatic N) is 1. The van der Waals surface area contributed by atoms with Gasteiger partial charge < -0.3 is 10.1 Å². The van der Waals surface area contributed by atoms with Gasteiger partial charge in [0.2, 0.25) is 11.8 Å². The zero-order valence-corrected chi connectivity index (χ0v) is 15.1. The van der Waals surface area contributed by atoms with E-state index in [4.69, 9.17) is 4.74 Å². The first-order valence-corrected chi connectivity index (χ1v) is 9.36. The monoisotopic (exact) mass is 370 g/mol. The largest absolute Gasteiger partial charge is 0.454 e. The second-order valence-electron chi connectivity index (χ2n) is 7.63. The minimum Gasteiger partial charge on any atom is -0.454 e. The number of ether oxygens (including phenoxy) is 1. The van der Waals surface area contributed by atoms with Crippen LogP contribution < -0.4 is 5.32 Å². The Morgan fingerprint density at radius 2 is 1.70 bits per heavy atom. The molecular weight excluding hydrogens is 348 g/mol. The third-order valence-electron chi connectivity index (χ3n) is 6.09. The molecule has 3 fully saturated rings. The van der Waals surface area contributed by atoms with E-state index in [0.717, 1.165) is 24.2 Å². The molecule has 0 unspecified atom stereocenters. The van der Waals surface area contributed by atoms with E-state index in [-0.39, 0.29) is 35.5 Å². The number of anilines is 1. The van der Waals surface area contributed by atoms with Crippen molar-refractivity contribution in [2.75, 3.05) is 11.9 Å². The van der Waals surface area contributed by atoms with Crippen LogP contribution in [0.4, 0.5) is 5.69 Å². The average Bonchev–Trinajstić information content (AvgIpc) is 3.34. The van der Waals surface area contributed by atoms with E-state index in [1.165, 1.54) is 6.92 Å². The predicted molar refractivity (Wildman–Crippen MR) is 95.2 cm³/mol. The average molecular weight is 370 g/mol. The highest BCUT2D eigenvalue weighted by atomic mass is 16.5. The summed E-state index contributed by atoms with van der Waals surface area (Å²) in [7, 11) is 0. The number of likely N-dealkylation sites (tertiary alicyclic amines) is 1. The standard InChI is InChI=1S/C20H22N2O5/c1-11(20(26)27-10-15(23)21-14-5-3-2-4-6-14)22-18(24)16-12-7-8-13(9-12)17(16)19(22)25/h2-6,11-13,16-17H,7-10H2,1H3,(H,21,23)/t11-,12+,13+,16+,17+/m1/s1. The minimum atomic E-state index is -1.01. The van der Waals surface area contributed by atoms with Gasteiger partial charge in [-0.15, -0.1) is 0 Å². The first kappa shape index (κ1) is 17.7. The molecule has 1 aromatic rings. The van der Waals surface area contributed by atoms with Crippen molar-refractivity contribution >= 4 is 29.4 Å². The van der Waals surface area contributed by atoms with E-state index in [0.29, 0.717) is 5.69 Å². The zero-order valence-electron chi connectivity index (χ0n) is 15.1. The lowest BCUT2D eigenvalue weighted by Gasteiger charge is -2.23. The maximum Gasteiger partial charge on any atom is 0.329 e. The van der Waals surface area contributed by atoms with Gasteiger partial charge in [-0.05, 0) is 50.2 Å². The number of carbonyl (C=O) groups excluding carboxylic acids is 4. The summed E-state index contributed by atoms with van der Waals surface area (Å²) in [6, 6.07) is 7.80. The first-order valence-electron chi connectivity index (χ1n) is 9.36. The van der Waals surface area contributed by atoms with Crippen LogP contribution in [0.2, 0.25) is 0 Å². The van der Waals surface area contributed by atoms with Gasteiger partial charge in [0, 0.05) is 5.69 Å². The third-order valence-corrected chi connectivity index (χ3v) is 6.09. The molecule has 2 bridgehead atoms. The molecule has 2 saturated carbocycles. The summed E-state index contributed by atoms with van der Waals surface area (Å²) in [5.41, 5.74) is 0.597. The minimum absolute atomic E-state index is 0.254. The zero-order chi connectivity index (χ0) is 19.1. The lowest BCUT2D eigenvalue weighted by atomic mass is 9.81. The molecule has 3 amide bonds. The van der Waals surface area contributed by atoms with Crippen molar-refractivity contribution in [2.24, 2.45) is 23.7 Å². The number of amides is 3. The van der Waals surface area contributed by atoms with Crippen molar-refractivity contribution in [3.63, 3.8) is 0 Å². The lowest BCUT2D eigenvalue weighted by molar-refractivity contribution is -0.159. The molecule has 4 rings (SSSR count). The van der Waals surface area contributed by atoms with E-state index in [9.17, 15) is 19.2 Å². The van der Waals surface area contributed by atoms with Gasteiger partial charge in [0.05, 0.1) is 11.8 Å². The highest BCUT2D eigenvalue weighted by Crippen LogP contribution is 2.56. The molecular formula is C20H22N2O5. The molecule has 0 spiro atoms. The Balaban J connectivity index is 1.35. The number of rotatable bonds is 5. The molecule has 0 aromatic heterocycles. The van der Waals surface area contributed by atoms with Gasteiger partial charge in [-0.25, -0.2) is 4.79 Å². The predicted octanol–water partition coefficient (Wildman–Crippen LogP) is 1.59. The molecule has 1 heterocycles. The molecule has 142 valence electrons. The van der Waals surface area contributed by atoms with Crippen LogP contribution in [0.1, 0.15) is 26.2 Å². The summed E-state index contributed by atoms with van der Waals surface area (Å²) in [4.78, 5) is 50.8. The lowest BCUT2D eigenvalue weighted by Crippen LogP contribution is -2.45. The van der Waals surface area contributed by atoms with Gasteiger partial charge in [0.15, 0.2) is 6.61 Å². The summed E-state index contributed by atoms with van der Waals surface area (Å²) < 4.78 is 5.04. The number of fused-ring (bicyclic) bond motifs is 5. The SMILES string of the molecule is C[C@H](C(=O)OCC(=O)Nc1ccccc1)N1C(=O)[C@H]2[C@H]3CC[C@@H](C3)[C@@H]2C1=O. The molecule has 7 nitrogen and oxygen atoms in total. The molecule has 27 heavy (non-hydrogen) atoms. The molecule has 1 aliphatic heterocycles. The maximum atomic E-state index is 12.7. The number of hydrogen-bond donors (Lipinski definition) is 1. The molecule has 2 aliphatic carbocycles. The number of esters is 1. The van der Waals surface area contributed by atoms with Crippen LogP contribution in [0.5, 0.6) is 0 Å². The van der Waals surface area contributed by atoms with E-state index in [1.807, 2.05) is 6.07 Å². The molecule has 5 atom stereocenters. The van der Waals surface area contributed by atoms with Crippen molar-refractivity contribution in [1.29, 1.82) is 0 Å². The fourth-order valence-corrected chi connectivity index (χ4v) is 4.89. The topological polar surface area (TPSA) is 92.8 Å². The van der Waals surface area contributed by atoms with Crippen LogP contribution in [0.15, 0.2) is 30.3 Å². The van der Waals surface area contributed by atoms with Gasteiger partial charge in [-0.1, -0.05) is 18.2 Å². The summed E-state index contributed by atoms with van der Waals surface area (Å²) in [5, 5.41) is 2.61. The van der Waals surface area contributed by atoms with Crippen molar-refractivity contribution in [3.8, 4) is 0 Å². The molecule has 3 aliphatic rings. The van der Waals surface area contributed by atoms with Crippen LogP contribution in [0, 0.1) is 23.7 Å².